The molecule has 1 aliphatic heterocycles. The number of ketones is 2. The second-order valence-electron chi connectivity index (χ2n) is 19.3. The maximum atomic E-state index is 14.2. The zero-order chi connectivity index (χ0) is 45.9. The monoisotopic (exact) mass is 908 g/mol. The van der Waals surface area contributed by atoms with Gasteiger partial charge in [-0.05, 0) is 145 Å². The summed E-state index contributed by atoms with van der Waals surface area (Å²) in [4.78, 5) is 64.9. The number of Topliss-reactive ketones (excluding diaryl/α,β-unsaturated/α-hetero) is 2. The Labute approximate surface area is 383 Å². The van der Waals surface area contributed by atoms with Gasteiger partial charge in [0.2, 0.25) is 5.89 Å². The fraction of sp³-hybridized carbons (Fsp3) is 0.571. The van der Waals surface area contributed by atoms with E-state index in [0.29, 0.717) is 42.0 Å². The minimum atomic E-state index is -2.86. The number of oxazole rings is 1. The Morgan fingerprint density at radius 1 is 0.955 bits per heavy atom. The zero-order valence-electron chi connectivity index (χ0n) is 38.1. The van der Waals surface area contributed by atoms with Crippen LogP contribution < -0.4 is 16.3 Å². The molecule has 66 heavy (non-hydrogen) atoms. The summed E-state index contributed by atoms with van der Waals surface area (Å²) in [6.07, 6.45) is 13.5. The van der Waals surface area contributed by atoms with Gasteiger partial charge in [-0.2, -0.15) is 5.10 Å². The summed E-state index contributed by atoms with van der Waals surface area (Å²) in [7, 11) is 3.99. The highest BCUT2D eigenvalue weighted by Gasteiger charge is 2.33. The van der Waals surface area contributed by atoms with Gasteiger partial charge >= 0.3 is 5.69 Å². The van der Waals surface area contributed by atoms with Crippen molar-refractivity contribution in [3.05, 3.63) is 76.4 Å². The van der Waals surface area contributed by atoms with Gasteiger partial charge in [-0.1, -0.05) is 12.1 Å². The fourth-order valence-electron chi connectivity index (χ4n) is 10.5. The molecule has 0 spiro atoms. The number of benzene rings is 1. The van der Waals surface area contributed by atoms with Crippen LogP contribution in [-0.4, -0.2) is 102 Å². The number of hydrogen-bond donors (Lipinski definition) is 2. The number of nitrogens with one attached hydrogen (secondary N) is 2. The average Bonchev–Trinajstić information content (AvgIpc) is 3.71. The van der Waals surface area contributed by atoms with Crippen molar-refractivity contribution >= 4 is 40.0 Å². The molecule has 1 amide bonds. The van der Waals surface area contributed by atoms with Crippen molar-refractivity contribution in [1.29, 1.82) is 0 Å². The minimum absolute atomic E-state index is 0.0181. The number of fused-ring (bicyclic) bond motifs is 1. The third kappa shape index (κ3) is 10.5. The van der Waals surface area contributed by atoms with E-state index in [0.717, 1.165) is 101 Å². The highest BCUT2D eigenvalue weighted by atomic mass is 19.3. The summed E-state index contributed by atoms with van der Waals surface area (Å²) in [6, 6.07) is 8.92. The third-order valence-corrected chi connectivity index (χ3v) is 14.4. The van der Waals surface area contributed by atoms with Crippen LogP contribution >= 0.6 is 0 Å². The van der Waals surface area contributed by atoms with Crippen molar-refractivity contribution in [2.45, 2.75) is 108 Å². The molecule has 3 aliphatic carbocycles. The second-order valence-corrected chi connectivity index (χ2v) is 19.3. The summed E-state index contributed by atoms with van der Waals surface area (Å²) < 4.78 is 38.9. The van der Waals surface area contributed by atoms with Crippen molar-refractivity contribution in [2.24, 2.45) is 24.8 Å². The number of amides is 1. The molecule has 2 N–H and O–H groups in total. The van der Waals surface area contributed by atoms with Gasteiger partial charge in [-0.3, -0.25) is 28.2 Å². The molecule has 9 rings (SSSR count). The van der Waals surface area contributed by atoms with E-state index in [2.05, 4.69) is 48.6 Å². The number of carbonyl (C=O) groups excluding carboxylic acids is 3. The number of aryl methyl sites for hydroxylation is 2. The summed E-state index contributed by atoms with van der Waals surface area (Å²) in [5, 5.41) is 10.2. The average molecular weight is 909 g/mol. The molecule has 1 saturated heterocycles. The molecule has 0 radical (unpaired) electrons. The molecule has 4 aromatic heterocycles. The minimum Gasteiger partial charge on any atom is -0.444 e. The van der Waals surface area contributed by atoms with Gasteiger partial charge in [0.25, 0.3) is 12.3 Å². The van der Waals surface area contributed by atoms with E-state index in [9.17, 15) is 28.0 Å². The number of halogens is 2. The number of aromatic nitrogens is 6. The number of para-hydroxylation sites is 1. The lowest BCUT2D eigenvalue weighted by Gasteiger charge is -2.36. The standard InChI is InChI=1S/C49H62F2N10O5/c1-57(28-33-18-22-59(23-19-33)21-4-3-6-34-7-5-8-41-45(34)58(2)49(65)61(41)40-16-15-37(62)25-42(40)63)27-32-11-13-36(14-12-32)60-29-38(44(56-60)46(50)51)54-47(64)39-30-66-48(55-39)35-17-20-52-43(24-35)53-26-31-9-10-31/h5,7-8,17,20,24,29-33,36,40,46H,3-4,6,9-16,18-19,21-23,25-28H2,1-2H3,(H,52,53)(H,54,64). The van der Waals surface area contributed by atoms with E-state index in [1.165, 1.54) is 38.1 Å². The maximum Gasteiger partial charge on any atom is 0.329 e. The van der Waals surface area contributed by atoms with Crippen LogP contribution in [0, 0.1) is 17.8 Å². The van der Waals surface area contributed by atoms with Gasteiger partial charge in [0, 0.05) is 51.1 Å². The predicted molar refractivity (Wildman–Crippen MR) is 247 cm³/mol. The molecule has 0 bridgehead atoms. The molecule has 352 valence electrons. The fourth-order valence-corrected chi connectivity index (χ4v) is 10.5. The predicted octanol–water partition coefficient (Wildman–Crippen LogP) is 7.86. The van der Waals surface area contributed by atoms with Crippen molar-refractivity contribution in [3.8, 4) is 11.5 Å². The Morgan fingerprint density at radius 3 is 2.45 bits per heavy atom. The molecule has 5 aromatic rings. The van der Waals surface area contributed by atoms with Gasteiger partial charge in [0.15, 0.2) is 17.2 Å². The van der Waals surface area contributed by atoms with E-state index < -0.39 is 24.1 Å². The van der Waals surface area contributed by atoms with E-state index in [4.69, 9.17) is 4.42 Å². The number of likely N-dealkylation sites (tertiary alicyclic amines) is 1. The van der Waals surface area contributed by atoms with Gasteiger partial charge in [-0.15, -0.1) is 0 Å². The maximum absolute atomic E-state index is 14.2. The first-order valence-electron chi connectivity index (χ1n) is 24.0. The topological polar surface area (TPSA) is 165 Å². The summed E-state index contributed by atoms with van der Waals surface area (Å²) in [6.45, 7) is 6.14. The number of nitrogens with zero attached hydrogens (tertiary/aromatic N) is 8. The van der Waals surface area contributed by atoms with Crippen LogP contribution in [-0.2, 0) is 23.1 Å². The number of rotatable bonds is 18. The molecule has 1 unspecified atom stereocenters. The number of alkyl halides is 2. The van der Waals surface area contributed by atoms with Crippen molar-refractivity contribution < 1.29 is 27.6 Å². The van der Waals surface area contributed by atoms with Crippen molar-refractivity contribution in [2.75, 3.05) is 56.9 Å². The van der Waals surface area contributed by atoms with Gasteiger partial charge < -0.3 is 24.9 Å². The first kappa shape index (κ1) is 45.6. The van der Waals surface area contributed by atoms with E-state index >= 15 is 0 Å². The molecule has 1 aromatic carbocycles. The first-order valence-corrected chi connectivity index (χ1v) is 24.0. The highest BCUT2D eigenvalue weighted by Crippen LogP contribution is 2.36. The van der Waals surface area contributed by atoms with Crippen molar-refractivity contribution in [3.63, 3.8) is 0 Å². The lowest BCUT2D eigenvalue weighted by Crippen LogP contribution is -2.39. The van der Waals surface area contributed by atoms with Crippen LogP contribution in [0.5, 0.6) is 0 Å². The summed E-state index contributed by atoms with van der Waals surface area (Å²) in [5.74, 6) is 1.91. The molecule has 15 nitrogen and oxygen atoms in total. The van der Waals surface area contributed by atoms with Crippen LogP contribution in [0.3, 0.4) is 0 Å². The Hall–Kier alpha value is -5.55. The number of imidazole rings is 1. The number of unbranched alkanes of at least 4 members (excludes halogenated alkanes) is 1. The normalized spacial score (nSPS) is 21.1. The molecule has 4 aliphatic rings. The van der Waals surface area contributed by atoms with Crippen LogP contribution in [0.4, 0.5) is 20.3 Å². The van der Waals surface area contributed by atoms with Crippen LogP contribution in [0.2, 0.25) is 0 Å². The Bertz CT molecular complexity index is 2580. The van der Waals surface area contributed by atoms with Crippen molar-refractivity contribution in [1.82, 2.24) is 38.7 Å². The lowest BCUT2D eigenvalue weighted by molar-refractivity contribution is -0.132. The van der Waals surface area contributed by atoms with E-state index in [-0.39, 0.29) is 47.0 Å². The SMILES string of the molecule is CN(CC1CCC(n2cc(NC(=O)c3coc(-c4ccnc(NCC5CC5)c4)n3)c(C(F)F)n2)CC1)CC1CCN(CCCCc2cccc3c2n(C)c(=O)n3C2CCC(=O)CC2=O)CC1. The van der Waals surface area contributed by atoms with Crippen LogP contribution in [0.25, 0.3) is 22.5 Å². The lowest BCUT2D eigenvalue weighted by atomic mass is 9.85. The third-order valence-electron chi connectivity index (χ3n) is 14.4. The van der Waals surface area contributed by atoms with Crippen LogP contribution in [0.1, 0.15) is 124 Å². The first-order chi connectivity index (χ1) is 32.0. The van der Waals surface area contributed by atoms with Gasteiger partial charge in [0.05, 0.1) is 35.2 Å². The molecule has 5 heterocycles. The molecule has 3 saturated carbocycles. The Morgan fingerprint density at radius 2 is 1.71 bits per heavy atom. The van der Waals surface area contributed by atoms with E-state index in [1.807, 2.05) is 18.2 Å². The quantitative estimate of drug-likeness (QED) is 0.0650. The molecule has 4 fully saturated rings. The molecule has 1 atom stereocenters. The van der Waals surface area contributed by atoms with Crippen LogP contribution in [0.15, 0.2) is 58.2 Å². The molecular weight excluding hydrogens is 847 g/mol. The summed E-state index contributed by atoms with van der Waals surface area (Å²) >= 11 is 0. The Balaban J connectivity index is 0.693. The van der Waals surface area contributed by atoms with E-state index in [1.54, 1.807) is 33.1 Å². The highest BCUT2D eigenvalue weighted by molar-refractivity contribution is 6.04. The number of pyridine rings is 1. The van der Waals surface area contributed by atoms with Gasteiger partial charge in [0.1, 0.15) is 17.9 Å². The number of piperidine rings is 1. The Kier molecular flexibility index (Phi) is 13.9. The molecular formula is C49H62F2N10O5. The number of carbonyl (C=O) groups is 3. The summed E-state index contributed by atoms with van der Waals surface area (Å²) in [5.41, 5.74) is 2.74. The number of hydrogen-bond acceptors (Lipinski definition) is 11. The zero-order valence-corrected chi connectivity index (χ0v) is 38.1. The molecule has 17 heteroatoms. The second kappa shape index (κ2) is 20.1. The van der Waals surface area contributed by atoms with Gasteiger partial charge in [-0.25, -0.2) is 23.5 Å². The smallest absolute Gasteiger partial charge is 0.329 e. The largest absolute Gasteiger partial charge is 0.444 e. The number of anilines is 2.